The Bertz CT molecular complexity index is 973. The van der Waals surface area contributed by atoms with Gasteiger partial charge in [0.15, 0.2) is 5.71 Å². The molecule has 0 saturated carbocycles. The molecule has 0 fully saturated rings. The number of benzene rings is 1. The smallest absolute Gasteiger partial charge is 0.435 e. The predicted octanol–water partition coefficient (Wildman–Crippen LogP) is 3.88. The highest BCUT2D eigenvalue weighted by Gasteiger charge is 2.46. The average molecular weight is 376 g/mol. The van der Waals surface area contributed by atoms with Gasteiger partial charge in [0.2, 0.25) is 0 Å². The average Bonchev–Trinajstić information content (AvgIpc) is 3.23. The Morgan fingerprint density at radius 3 is 2.63 bits per heavy atom. The first-order valence-electron chi connectivity index (χ1n) is 7.53. The first kappa shape index (κ1) is 18.2. The van der Waals surface area contributed by atoms with Gasteiger partial charge in [-0.2, -0.15) is 23.3 Å². The SMILES string of the molecule is O=C(O)c1cccc(N2N=C(C(F)(F)F)/C(=C\C=C\c3ccco3)C2=O)c1. The summed E-state index contributed by atoms with van der Waals surface area (Å²) in [5.41, 5.74) is -2.29. The summed E-state index contributed by atoms with van der Waals surface area (Å²) < 4.78 is 44.9. The van der Waals surface area contributed by atoms with Crippen LogP contribution in [-0.4, -0.2) is 28.9 Å². The van der Waals surface area contributed by atoms with Crippen LogP contribution in [0.5, 0.6) is 0 Å². The highest BCUT2D eigenvalue weighted by molar-refractivity contribution is 6.32. The molecule has 2 aromatic rings. The van der Waals surface area contributed by atoms with Gasteiger partial charge in [0.05, 0.1) is 23.1 Å². The van der Waals surface area contributed by atoms with E-state index in [-0.39, 0.29) is 11.3 Å². The second-order valence-corrected chi connectivity index (χ2v) is 5.37. The summed E-state index contributed by atoms with van der Waals surface area (Å²) in [4.78, 5) is 23.5. The Balaban J connectivity index is 1.98. The maximum absolute atomic E-state index is 13.3. The maximum Gasteiger partial charge on any atom is 0.435 e. The van der Waals surface area contributed by atoms with Gasteiger partial charge in [-0.1, -0.05) is 12.1 Å². The molecule has 0 radical (unpaired) electrons. The molecular weight excluding hydrogens is 365 g/mol. The van der Waals surface area contributed by atoms with Crippen LogP contribution >= 0.6 is 0 Å². The number of hydrogen-bond donors (Lipinski definition) is 1. The molecule has 138 valence electrons. The summed E-state index contributed by atoms with van der Waals surface area (Å²) in [6.07, 6.45) is 0.150. The van der Waals surface area contributed by atoms with Crippen LogP contribution in [0.4, 0.5) is 18.9 Å². The molecule has 2 heterocycles. The molecule has 0 atom stereocenters. The normalized spacial score (nSPS) is 16.4. The van der Waals surface area contributed by atoms with E-state index in [4.69, 9.17) is 9.52 Å². The zero-order valence-corrected chi connectivity index (χ0v) is 13.5. The second-order valence-electron chi connectivity index (χ2n) is 5.37. The van der Waals surface area contributed by atoms with Crippen LogP contribution in [0.1, 0.15) is 16.1 Å². The summed E-state index contributed by atoms with van der Waals surface area (Å²) in [5, 5.41) is 12.9. The minimum atomic E-state index is -4.86. The van der Waals surface area contributed by atoms with Gasteiger partial charge in [0, 0.05) is 0 Å². The van der Waals surface area contributed by atoms with Gasteiger partial charge in [-0.05, 0) is 42.5 Å². The van der Waals surface area contributed by atoms with Crippen molar-refractivity contribution in [2.45, 2.75) is 6.18 Å². The fraction of sp³-hybridized carbons (Fsp3) is 0.0556. The molecule has 27 heavy (non-hydrogen) atoms. The van der Waals surface area contributed by atoms with Crippen molar-refractivity contribution in [2.24, 2.45) is 5.10 Å². The summed E-state index contributed by atoms with van der Waals surface area (Å²) in [6, 6.07) is 8.13. The van der Waals surface area contributed by atoms with Crippen molar-refractivity contribution in [3.05, 3.63) is 71.7 Å². The number of anilines is 1. The molecule has 1 aromatic heterocycles. The van der Waals surface area contributed by atoms with E-state index in [1.54, 1.807) is 12.1 Å². The lowest BCUT2D eigenvalue weighted by molar-refractivity contribution is -0.114. The van der Waals surface area contributed by atoms with E-state index in [2.05, 4.69) is 5.10 Å². The number of hydrogen-bond acceptors (Lipinski definition) is 4. The lowest BCUT2D eigenvalue weighted by atomic mass is 10.1. The highest BCUT2D eigenvalue weighted by Crippen LogP contribution is 2.32. The molecule has 1 N–H and O–H groups in total. The Labute approximate surface area is 150 Å². The number of halogens is 3. The number of allylic oxidation sites excluding steroid dienone is 2. The van der Waals surface area contributed by atoms with Crippen molar-refractivity contribution in [2.75, 3.05) is 5.01 Å². The highest BCUT2D eigenvalue weighted by atomic mass is 19.4. The standard InChI is InChI=1S/C18H11F3N2O4/c19-18(20,21)15-14(8-2-6-13-7-3-9-27-13)16(24)23(22-15)12-5-1-4-11(10-12)17(25)26/h1-10H,(H,25,26)/b6-2+,14-8+. The quantitative estimate of drug-likeness (QED) is 0.821. The number of alkyl halides is 3. The largest absolute Gasteiger partial charge is 0.478 e. The lowest BCUT2D eigenvalue weighted by Gasteiger charge is -2.11. The molecule has 0 unspecified atom stereocenters. The predicted molar refractivity (Wildman–Crippen MR) is 90.2 cm³/mol. The van der Waals surface area contributed by atoms with Gasteiger partial charge in [-0.3, -0.25) is 4.79 Å². The molecule has 6 nitrogen and oxygen atoms in total. The minimum Gasteiger partial charge on any atom is -0.478 e. The first-order chi connectivity index (χ1) is 12.8. The van der Waals surface area contributed by atoms with Gasteiger partial charge in [0.25, 0.3) is 5.91 Å². The van der Waals surface area contributed by atoms with Crippen molar-refractivity contribution in [3.63, 3.8) is 0 Å². The van der Waals surface area contributed by atoms with E-state index in [0.29, 0.717) is 10.8 Å². The van der Waals surface area contributed by atoms with Gasteiger partial charge in [-0.15, -0.1) is 0 Å². The molecule has 0 saturated heterocycles. The molecule has 1 aliphatic heterocycles. The first-order valence-corrected chi connectivity index (χ1v) is 7.53. The van der Waals surface area contributed by atoms with Crippen molar-refractivity contribution < 1.29 is 32.3 Å². The van der Waals surface area contributed by atoms with Crippen molar-refractivity contribution in [1.29, 1.82) is 0 Å². The Morgan fingerprint density at radius 1 is 1.22 bits per heavy atom. The van der Waals surface area contributed by atoms with Gasteiger partial charge in [0.1, 0.15) is 5.76 Å². The van der Waals surface area contributed by atoms with Crippen LogP contribution in [0.2, 0.25) is 0 Å². The molecule has 0 spiro atoms. The molecule has 3 rings (SSSR count). The number of carboxylic acids is 1. The van der Waals surface area contributed by atoms with E-state index in [1.165, 1.54) is 36.6 Å². The molecule has 1 amide bonds. The second kappa shape index (κ2) is 6.94. The molecule has 1 aliphatic rings. The van der Waals surface area contributed by atoms with E-state index < -0.39 is 29.3 Å². The van der Waals surface area contributed by atoms with Crippen LogP contribution < -0.4 is 5.01 Å². The van der Waals surface area contributed by atoms with E-state index in [9.17, 15) is 22.8 Å². The van der Waals surface area contributed by atoms with Crippen molar-refractivity contribution in [3.8, 4) is 0 Å². The number of rotatable bonds is 4. The number of furan rings is 1. The summed E-state index contributed by atoms with van der Waals surface area (Å²) in [6.45, 7) is 0. The fourth-order valence-corrected chi connectivity index (χ4v) is 2.35. The third kappa shape index (κ3) is 3.81. The Kier molecular flexibility index (Phi) is 4.68. The topological polar surface area (TPSA) is 83.1 Å². The van der Waals surface area contributed by atoms with E-state index in [1.807, 2.05) is 0 Å². The van der Waals surface area contributed by atoms with Gasteiger partial charge < -0.3 is 9.52 Å². The molecule has 9 heteroatoms. The third-order valence-electron chi connectivity index (χ3n) is 3.55. The van der Waals surface area contributed by atoms with Crippen LogP contribution in [0, 0.1) is 0 Å². The Hall–Kier alpha value is -3.62. The van der Waals surface area contributed by atoms with Crippen LogP contribution in [0.3, 0.4) is 0 Å². The van der Waals surface area contributed by atoms with Gasteiger partial charge in [-0.25, -0.2) is 4.79 Å². The number of nitrogens with zero attached hydrogens (tertiary/aromatic N) is 2. The lowest BCUT2D eigenvalue weighted by Crippen LogP contribution is -2.25. The monoisotopic (exact) mass is 376 g/mol. The van der Waals surface area contributed by atoms with Gasteiger partial charge >= 0.3 is 12.1 Å². The van der Waals surface area contributed by atoms with Crippen LogP contribution in [-0.2, 0) is 4.79 Å². The van der Waals surface area contributed by atoms with Crippen molar-refractivity contribution >= 4 is 29.4 Å². The number of carbonyl (C=O) groups is 2. The number of carboxylic acid groups (broad SMARTS) is 1. The zero-order valence-electron chi connectivity index (χ0n) is 13.5. The number of carbonyl (C=O) groups excluding carboxylic acids is 1. The molecule has 0 aliphatic carbocycles. The van der Waals surface area contributed by atoms with Crippen LogP contribution in [0.15, 0.2) is 69.9 Å². The van der Waals surface area contributed by atoms with E-state index >= 15 is 0 Å². The Morgan fingerprint density at radius 2 is 2.00 bits per heavy atom. The molecule has 1 aromatic carbocycles. The number of hydrazone groups is 1. The molecular formula is C18H11F3N2O4. The molecule has 0 bridgehead atoms. The third-order valence-corrected chi connectivity index (χ3v) is 3.55. The maximum atomic E-state index is 13.3. The van der Waals surface area contributed by atoms with Crippen LogP contribution in [0.25, 0.3) is 6.08 Å². The summed E-state index contributed by atoms with van der Waals surface area (Å²) in [7, 11) is 0. The van der Waals surface area contributed by atoms with Crippen molar-refractivity contribution in [1.82, 2.24) is 0 Å². The number of amides is 1. The fourth-order valence-electron chi connectivity index (χ4n) is 2.35. The summed E-state index contributed by atoms with van der Waals surface area (Å²) >= 11 is 0. The van der Waals surface area contributed by atoms with E-state index in [0.717, 1.165) is 12.1 Å². The zero-order chi connectivity index (χ0) is 19.6. The summed E-state index contributed by atoms with van der Waals surface area (Å²) in [5.74, 6) is -1.90. The minimum absolute atomic E-state index is 0.0833. The number of aromatic carboxylic acids is 1.